The van der Waals surface area contributed by atoms with Crippen LogP contribution in [-0.2, 0) is 27.4 Å². The minimum absolute atomic E-state index is 0.0135. The topological polar surface area (TPSA) is 54.8 Å². The quantitative estimate of drug-likeness (QED) is 0.281. The van der Waals surface area contributed by atoms with E-state index in [1.54, 1.807) is 4.90 Å². The number of rotatable bonds is 12. The van der Waals surface area contributed by atoms with Crippen LogP contribution in [0.1, 0.15) is 77.5 Å². The second-order valence-electron chi connectivity index (χ2n) is 11.1. The molecular weight excluding hydrogens is 530 g/mol. The van der Waals surface area contributed by atoms with Gasteiger partial charge in [0.1, 0.15) is 0 Å². The van der Waals surface area contributed by atoms with Gasteiger partial charge in [0.15, 0.2) is 0 Å². The van der Waals surface area contributed by atoms with E-state index in [9.17, 15) is 9.59 Å². The SMILES string of the molecule is CCOCCCN(CC(=O)N(Cc1cccn1Cc1ccc(Br)cc1)C1CCCCC1)C(=O)C(C)(C)C. The number of ether oxygens (including phenoxy) is 1. The molecule has 1 aliphatic carbocycles. The average Bonchev–Trinajstić information content (AvgIpc) is 3.31. The lowest BCUT2D eigenvalue weighted by Crippen LogP contribution is -2.50. The third kappa shape index (κ3) is 8.99. The lowest BCUT2D eigenvalue weighted by molar-refractivity contribution is -0.147. The Kier molecular flexibility index (Phi) is 11.3. The van der Waals surface area contributed by atoms with Crippen molar-refractivity contribution in [2.75, 3.05) is 26.3 Å². The Hall–Kier alpha value is -2.12. The van der Waals surface area contributed by atoms with Gasteiger partial charge >= 0.3 is 0 Å². The summed E-state index contributed by atoms with van der Waals surface area (Å²) < 4.78 is 8.79. The van der Waals surface area contributed by atoms with Crippen molar-refractivity contribution in [2.45, 2.75) is 85.4 Å². The summed E-state index contributed by atoms with van der Waals surface area (Å²) in [6, 6.07) is 12.7. The summed E-state index contributed by atoms with van der Waals surface area (Å²) in [5.41, 5.74) is 1.79. The van der Waals surface area contributed by atoms with Gasteiger partial charge in [0, 0.05) is 54.1 Å². The van der Waals surface area contributed by atoms with E-state index in [4.69, 9.17) is 4.74 Å². The Morgan fingerprint density at radius 3 is 2.43 bits per heavy atom. The third-order valence-electron chi connectivity index (χ3n) is 7.03. The number of nitrogens with zero attached hydrogens (tertiary/aromatic N) is 3. The number of benzene rings is 1. The molecule has 0 spiro atoms. The summed E-state index contributed by atoms with van der Waals surface area (Å²) in [6.45, 7) is 10.9. The zero-order valence-corrected chi connectivity index (χ0v) is 24.6. The summed E-state index contributed by atoms with van der Waals surface area (Å²) in [6.07, 6.45) is 8.38. The van der Waals surface area contributed by atoms with Crippen molar-refractivity contribution < 1.29 is 14.3 Å². The maximum absolute atomic E-state index is 13.9. The first-order valence-corrected chi connectivity index (χ1v) is 14.5. The van der Waals surface area contributed by atoms with Gasteiger partial charge in [-0.3, -0.25) is 9.59 Å². The fourth-order valence-electron chi connectivity index (χ4n) is 5.00. The van der Waals surface area contributed by atoms with Crippen LogP contribution < -0.4 is 0 Å². The van der Waals surface area contributed by atoms with Crippen LogP contribution in [-0.4, -0.2) is 58.5 Å². The molecule has 1 aliphatic rings. The van der Waals surface area contributed by atoms with Crippen LogP contribution in [0.25, 0.3) is 0 Å². The van der Waals surface area contributed by atoms with Crippen LogP contribution in [0, 0.1) is 5.41 Å². The zero-order chi connectivity index (χ0) is 26.8. The minimum atomic E-state index is -0.541. The van der Waals surface area contributed by atoms with Crippen LogP contribution in [0.15, 0.2) is 47.1 Å². The van der Waals surface area contributed by atoms with Gasteiger partial charge in [-0.05, 0) is 56.0 Å². The number of carbonyl (C=O) groups is 2. The van der Waals surface area contributed by atoms with Gasteiger partial charge in [0.25, 0.3) is 0 Å². The molecule has 0 radical (unpaired) electrons. The molecule has 0 N–H and O–H groups in total. The average molecular weight is 575 g/mol. The normalized spacial score (nSPS) is 14.5. The van der Waals surface area contributed by atoms with Crippen molar-refractivity contribution in [1.29, 1.82) is 0 Å². The molecule has 1 fully saturated rings. The molecule has 1 aromatic heterocycles. The summed E-state index contributed by atoms with van der Waals surface area (Å²) >= 11 is 3.51. The molecule has 1 heterocycles. The maximum atomic E-state index is 13.9. The largest absolute Gasteiger partial charge is 0.382 e. The molecule has 2 amide bonds. The Bertz CT molecular complexity index is 990. The van der Waals surface area contributed by atoms with Crippen molar-refractivity contribution in [1.82, 2.24) is 14.4 Å². The van der Waals surface area contributed by atoms with Gasteiger partial charge < -0.3 is 19.1 Å². The van der Waals surface area contributed by atoms with Crippen LogP contribution in [0.3, 0.4) is 0 Å². The first-order valence-electron chi connectivity index (χ1n) is 13.7. The van der Waals surface area contributed by atoms with Gasteiger partial charge in [-0.15, -0.1) is 0 Å². The molecule has 6 nitrogen and oxygen atoms in total. The molecular formula is C30H44BrN3O3. The predicted octanol–water partition coefficient (Wildman–Crippen LogP) is 6.26. The van der Waals surface area contributed by atoms with E-state index in [0.717, 1.165) is 48.8 Å². The van der Waals surface area contributed by atoms with E-state index < -0.39 is 5.41 Å². The van der Waals surface area contributed by atoms with Gasteiger partial charge in [-0.25, -0.2) is 0 Å². The molecule has 1 saturated carbocycles. The summed E-state index contributed by atoms with van der Waals surface area (Å²) in [5, 5.41) is 0. The molecule has 3 rings (SSSR count). The molecule has 204 valence electrons. The lowest BCUT2D eigenvalue weighted by atomic mass is 9.93. The number of aromatic nitrogens is 1. The minimum Gasteiger partial charge on any atom is -0.382 e. The van der Waals surface area contributed by atoms with Crippen LogP contribution >= 0.6 is 15.9 Å². The Balaban J connectivity index is 1.78. The number of hydrogen-bond acceptors (Lipinski definition) is 3. The van der Waals surface area contributed by atoms with E-state index >= 15 is 0 Å². The van der Waals surface area contributed by atoms with E-state index in [1.165, 1.54) is 12.0 Å². The third-order valence-corrected chi connectivity index (χ3v) is 7.56. The first kappa shape index (κ1) is 29.4. The summed E-state index contributed by atoms with van der Waals surface area (Å²) in [5.74, 6) is 0.0526. The van der Waals surface area contributed by atoms with Gasteiger partial charge in [-0.2, -0.15) is 0 Å². The Morgan fingerprint density at radius 2 is 1.78 bits per heavy atom. The number of carbonyl (C=O) groups excluding carboxylic acids is 2. The van der Waals surface area contributed by atoms with Crippen LogP contribution in [0.4, 0.5) is 0 Å². The maximum Gasteiger partial charge on any atom is 0.242 e. The highest BCUT2D eigenvalue weighted by atomic mass is 79.9. The number of amides is 2. The second-order valence-corrected chi connectivity index (χ2v) is 12.0. The van der Waals surface area contributed by atoms with E-state index in [1.807, 2.05) is 27.7 Å². The Labute approximate surface area is 231 Å². The molecule has 0 saturated heterocycles. The molecule has 0 atom stereocenters. The van der Waals surface area contributed by atoms with Crippen molar-refractivity contribution in [3.63, 3.8) is 0 Å². The number of hydrogen-bond donors (Lipinski definition) is 0. The summed E-state index contributed by atoms with van der Waals surface area (Å²) in [4.78, 5) is 31.0. The smallest absolute Gasteiger partial charge is 0.242 e. The van der Waals surface area contributed by atoms with Crippen molar-refractivity contribution in [3.8, 4) is 0 Å². The van der Waals surface area contributed by atoms with Crippen molar-refractivity contribution >= 4 is 27.7 Å². The fourth-order valence-corrected chi connectivity index (χ4v) is 5.27. The van der Waals surface area contributed by atoms with Gasteiger partial charge in [-0.1, -0.05) is 68.1 Å². The van der Waals surface area contributed by atoms with Crippen LogP contribution in [0.5, 0.6) is 0 Å². The standard InChI is InChI=1S/C30H44BrN3O3/c1-5-37-20-10-19-33(29(36)30(2,3)4)23-28(35)34(26-11-7-6-8-12-26)22-27-13-9-18-32(27)21-24-14-16-25(31)17-15-24/h9,13-18,26H,5-8,10-12,19-23H2,1-4H3. The molecule has 1 aromatic carbocycles. The highest BCUT2D eigenvalue weighted by Crippen LogP contribution is 2.26. The number of halogens is 1. The highest BCUT2D eigenvalue weighted by molar-refractivity contribution is 9.10. The van der Waals surface area contributed by atoms with Gasteiger partial charge in [0.2, 0.25) is 11.8 Å². The monoisotopic (exact) mass is 573 g/mol. The highest BCUT2D eigenvalue weighted by Gasteiger charge is 2.32. The van der Waals surface area contributed by atoms with E-state index in [2.05, 4.69) is 68.0 Å². The molecule has 7 heteroatoms. The predicted molar refractivity (Wildman–Crippen MR) is 152 cm³/mol. The zero-order valence-electron chi connectivity index (χ0n) is 23.0. The van der Waals surface area contributed by atoms with Crippen molar-refractivity contribution in [2.24, 2.45) is 5.41 Å². The molecule has 0 unspecified atom stereocenters. The summed E-state index contributed by atoms with van der Waals surface area (Å²) in [7, 11) is 0. The molecule has 0 bridgehead atoms. The van der Waals surface area contributed by atoms with E-state index in [-0.39, 0.29) is 24.4 Å². The van der Waals surface area contributed by atoms with Crippen molar-refractivity contribution in [3.05, 3.63) is 58.3 Å². The van der Waals surface area contributed by atoms with E-state index in [0.29, 0.717) is 26.3 Å². The van der Waals surface area contributed by atoms with Crippen LogP contribution in [0.2, 0.25) is 0 Å². The second kappa shape index (κ2) is 14.1. The fraction of sp³-hybridized carbons (Fsp3) is 0.600. The Morgan fingerprint density at radius 1 is 1.08 bits per heavy atom. The lowest BCUT2D eigenvalue weighted by Gasteiger charge is -2.37. The van der Waals surface area contributed by atoms with Gasteiger partial charge in [0.05, 0.1) is 13.1 Å². The molecule has 0 aliphatic heterocycles. The molecule has 37 heavy (non-hydrogen) atoms. The molecule has 2 aromatic rings. The first-order chi connectivity index (χ1) is 17.7.